The Labute approximate surface area is 155 Å². The van der Waals surface area contributed by atoms with Crippen molar-refractivity contribution in [2.45, 2.75) is 43.4 Å². The maximum Gasteiger partial charge on any atom is 0.337 e. The SMILES string of the molecule is C=C[C@H]1[C@H](O[C@H]2O[C@@H](CO)[C@H](O)[C@@H](O)[C@@H]2O)OC=C(C(=O)OC)[C@H]1CC=O. The van der Waals surface area contributed by atoms with Crippen LogP contribution in [0.3, 0.4) is 0 Å². The first kappa shape index (κ1) is 21.5. The molecule has 1 saturated heterocycles. The van der Waals surface area contributed by atoms with Crippen molar-refractivity contribution in [3.63, 3.8) is 0 Å². The Morgan fingerprint density at radius 1 is 1.26 bits per heavy atom. The van der Waals surface area contributed by atoms with Gasteiger partial charge in [0.15, 0.2) is 6.29 Å². The van der Waals surface area contributed by atoms with Gasteiger partial charge in [-0.25, -0.2) is 4.79 Å². The summed E-state index contributed by atoms with van der Waals surface area (Å²) in [6.07, 6.45) is -5.31. The number of carbonyl (C=O) groups excluding carboxylic acids is 2. The third-order valence-electron chi connectivity index (χ3n) is 4.67. The van der Waals surface area contributed by atoms with Crippen molar-refractivity contribution >= 4 is 12.3 Å². The highest BCUT2D eigenvalue weighted by molar-refractivity contribution is 5.89. The molecule has 2 rings (SSSR count). The van der Waals surface area contributed by atoms with Crippen LogP contribution in [0.4, 0.5) is 0 Å². The van der Waals surface area contributed by atoms with Gasteiger partial charge in [-0.05, 0) is 0 Å². The van der Waals surface area contributed by atoms with E-state index in [4.69, 9.17) is 14.2 Å². The van der Waals surface area contributed by atoms with Crippen LogP contribution in [0.5, 0.6) is 0 Å². The van der Waals surface area contributed by atoms with E-state index < -0.39 is 61.4 Å². The molecular formula is C17H24O10. The summed E-state index contributed by atoms with van der Waals surface area (Å²) in [7, 11) is 1.20. The minimum absolute atomic E-state index is 0.0322. The molecule has 0 bridgehead atoms. The van der Waals surface area contributed by atoms with Crippen LogP contribution in [-0.2, 0) is 28.5 Å². The number of aliphatic hydroxyl groups is 4. The van der Waals surface area contributed by atoms with Crippen molar-refractivity contribution < 1.29 is 49.0 Å². The van der Waals surface area contributed by atoms with Crippen LogP contribution in [-0.4, -0.2) is 83.4 Å². The lowest BCUT2D eigenvalue weighted by atomic mass is 9.82. The topological polar surface area (TPSA) is 152 Å². The summed E-state index contributed by atoms with van der Waals surface area (Å²) in [6.45, 7) is 3.06. The van der Waals surface area contributed by atoms with Crippen molar-refractivity contribution in [1.29, 1.82) is 0 Å². The molecule has 10 nitrogen and oxygen atoms in total. The molecule has 0 unspecified atom stereocenters. The molecule has 0 radical (unpaired) electrons. The number of rotatable bonds is 7. The van der Waals surface area contributed by atoms with E-state index in [2.05, 4.69) is 11.3 Å². The third kappa shape index (κ3) is 4.37. The van der Waals surface area contributed by atoms with Gasteiger partial charge in [0.05, 0.1) is 25.6 Å². The first-order valence-corrected chi connectivity index (χ1v) is 8.35. The van der Waals surface area contributed by atoms with Gasteiger partial charge in [0.2, 0.25) is 6.29 Å². The Morgan fingerprint density at radius 3 is 2.52 bits per heavy atom. The fourth-order valence-electron chi connectivity index (χ4n) is 3.13. The van der Waals surface area contributed by atoms with E-state index in [1.165, 1.54) is 13.2 Å². The predicted molar refractivity (Wildman–Crippen MR) is 87.7 cm³/mol. The van der Waals surface area contributed by atoms with Crippen molar-refractivity contribution in [2.75, 3.05) is 13.7 Å². The van der Waals surface area contributed by atoms with Crippen LogP contribution < -0.4 is 0 Å². The van der Waals surface area contributed by atoms with Crippen molar-refractivity contribution in [3.05, 3.63) is 24.5 Å². The summed E-state index contributed by atoms with van der Waals surface area (Å²) in [5, 5.41) is 39.0. The fourth-order valence-corrected chi connectivity index (χ4v) is 3.13. The number of carbonyl (C=O) groups is 2. The van der Waals surface area contributed by atoms with Gasteiger partial charge in [-0.15, -0.1) is 6.58 Å². The van der Waals surface area contributed by atoms with Gasteiger partial charge in [-0.3, -0.25) is 0 Å². The third-order valence-corrected chi connectivity index (χ3v) is 4.67. The Balaban J connectivity index is 2.22. The molecule has 0 aromatic heterocycles. The molecule has 2 aliphatic heterocycles. The number of hydrogen-bond donors (Lipinski definition) is 4. The smallest absolute Gasteiger partial charge is 0.337 e. The number of methoxy groups -OCH3 is 1. The lowest BCUT2D eigenvalue weighted by Crippen LogP contribution is -2.60. The quantitative estimate of drug-likeness (QED) is 0.224. The number of aldehydes is 1. The van der Waals surface area contributed by atoms with Gasteiger partial charge >= 0.3 is 5.97 Å². The van der Waals surface area contributed by atoms with Gasteiger partial charge in [-0.2, -0.15) is 0 Å². The highest BCUT2D eigenvalue weighted by atomic mass is 16.8. The lowest BCUT2D eigenvalue weighted by molar-refractivity contribution is -0.339. The minimum atomic E-state index is -1.62. The van der Waals surface area contributed by atoms with Gasteiger partial charge in [-0.1, -0.05) is 6.08 Å². The van der Waals surface area contributed by atoms with E-state index in [9.17, 15) is 30.0 Å². The van der Waals surface area contributed by atoms with Crippen LogP contribution in [0.15, 0.2) is 24.5 Å². The zero-order valence-electron chi connectivity index (χ0n) is 14.7. The zero-order valence-corrected chi connectivity index (χ0v) is 14.7. The van der Waals surface area contributed by atoms with Gasteiger partial charge in [0.1, 0.15) is 30.7 Å². The van der Waals surface area contributed by atoms with Crippen LogP contribution in [0.1, 0.15) is 6.42 Å². The van der Waals surface area contributed by atoms with Gasteiger partial charge < -0.3 is 44.2 Å². The van der Waals surface area contributed by atoms with E-state index in [0.717, 1.165) is 6.26 Å². The molecule has 8 atom stereocenters. The Morgan fingerprint density at radius 2 is 1.96 bits per heavy atom. The lowest BCUT2D eigenvalue weighted by Gasteiger charge is -2.42. The molecule has 2 heterocycles. The Bertz CT molecular complexity index is 574. The van der Waals surface area contributed by atoms with E-state index in [1.807, 2.05) is 0 Å². The van der Waals surface area contributed by atoms with Gasteiger partial charge in [0.25, 0.3) is 0 Å². The van der Waals surface area contributed by atoms with E-state index in [1.54, 1.807) is 0 Å². The molecule has 10 heteroatoms. The fraction of sp³-hybridized carbons (Fsp3) is 0.647. The summed E-state index contributed by atoms with van der Waals surface area (Å²) in [5.41, 5.74) is 0.128. The van der Waals surface area contributed by atoms with Crippen LogP contribution in [0.25, 0.3) is 0 Å². The number of hydrogen-bond acceptors (Lipinski definition) is 10. The minimum Gasteiger partial charge on any atom is -0.471 e. The summed E-state index contributed by atoms with van der Waals surface area (Å²) < 4.78 is 21.0. The Kier molecular flexibility index (Phi) is 7.48. The second-order valence-corrected chi connectivity index (χ2v) is 6.22. The number of ether oxygens (including phenoxy) is 4. The highest BCUT2D eigenvalue weighted by Gasteiger charge is 2.47. The molecule has 1 fully saturated rings. The number of aliphatic hydroxyl groups excluding tert-OH is 4. The van der Waals surface area contributed by atoms with Crippen molar-refractivity contribution in [2.24, 2.45) is 11.8 Å². The monoisotopic (exact) mass is 388 g/mol. The van der Waals surface area contributed by atoms with Crippen LogP contribution in [0, 0.1) is 11.8 Å². The molecule has 4 N–H and O–H groups in total. The molecule has 0 aromatic rings. The molecule has 0 aliphatic carbocycles. The standard InChI is InChI=1S/C17H24O10/c1-3-8-9(4-5-18)10(15(23)24-2)7-25-16(8)27-17-14(22)13(21)12(20)11(6-19)26-17/h3,5,7-9,11-14,16-17,19-22H,1,4,6H2,2H3/t8-,9+,11+,12+,13-,14+,16+,17-/m1/s1. The average Bonchev–Trinajstić information content (AvgIpc) is 2.68. The molecule has 0 saturated carbocycles. The summed E-state index contributed by atoms with van der Waals surface area (Å²) in [4.78, 5) is 23.0. The van der Waals surface area contributed by atoms with Crippen LogP contribution in [0.2, 0.25) is 0 Å². The largest absolute Gasteiger partial charge is 0.471 e. The van der Waals surface area contributed by atoms with Gasteiger partial charge in [0, 0.05) is 18.3 Å². The summed E-state index contributed by atoms with van der Waals surface area (Å²) in [5.74, 6) is -1.99. The van der Waals surface area contributed by atoms with E-state index in [0.29, 0.717) is 6.29 Å². The molecule has 2 aliphatic rings. The normalized spacial score (nSPS) is 39.1. The van der Waals surface area contributed by atoms with Crippen LogP contribution >= 0.6 is 0 Å². The number of esters is 1. The molecule has 0 spiro atoms. The Hall–Kier alpha value is -1.82. The first-order valence-electron chi connectivity index (χ1n) is 8.35. The molecule has 27 heavy (non-hydrogen) atoms. The van der Waals surface area contributed by atoms with E-state index in [-0.39, 0.29) is 12.0 Å². The zero-order chi connectivity index (χ0) is 20.1. The average molecular weight is 388 g/mol. The molecular weight excluding hydrogens is 364 g/mol. The van der Waals surface area contributed by atoms with E-state index >= 15 is 0 Å². The maximum atomic E-state index is 11.9. The van der Waals surface area contributed by atoms with Crippen molar-refractivity contribution in [3.8, 4) is 0 Å². The van der Waals surface area contributed by atoms with Crippen molar-refractivity contribution in [1.82, 2.24) is 0 Å². The molecule has 152 valence electrons. The molecule has 0 amide bonds. The highest BCUT2D eigenvalue weighted by Crippen LogP contribution is 2.36. The first-order chi connectivity index (χ1) is 12.9. The summed E-state index contributed by atoms with van der Waals surface area (Å²) >= 11 is 0. The molecule has 0 aromatic carbocycles. The predicted octanol–water partition coefficient (Wildman–Crippen LogP) is -1.78. The summed E-state index contributed by atoms with van der Waals surface area (Å²) in [6, 6.07) is 0. The maximum absolute atomic E-state index is 11.9. The second kappa shape index (κ2) is 9.40. The second-order valence-electron chi connectivity index (χ2n) is 6.22.